The van der Waals surface area contributed by atoms with Gasteiger partial charge in [0.05, 0.1) is 6.07 Å². The minimum Gasteiger partial charge on any atom is -0.317 e. The van der Waals surface area contributed by atoms with Crippen LogP contribution < -0.4 is 5.32 Å². The molecular weight excluding hydrogens is 236 g/mol. The Bertz CT molecular complexity index is 358. The normalized spacial score (nSPS) is 10.6. The van der Waals surface area contributed by atoms with Crippen LogP contribution in [0.3, 0.4) is 0 Å². The van der Waals surface area contributed by atoms with Gasteiger partial charge in [0.2, 0.25) is 0 Å². The van der Waals surface area contributed by atoms with Crippen LogP contribution >= 0.6 is 0 Å². The maximum Gasteiger partial charge on any atom is 0.0635 e. The van der Waals surface area contributed by atoms with Crippen molar-refractivity contribution in [2.45, 2.75) is 32.7 Å². The third kappa shape index (κ3) is 7.55. The Morgan fingerprint density at radius 1 is 1.37 bits per heavy atom. The average molecular weight is 260 g/mol. The summed E-state index contributed by atoms with van der Waals surface area (Å²) in [5, 5.41) is 12.1. The summed E-state index contributed by atoms with van der Waals surface area (Å²) in [4.78, 5) is 6.46. The first-order valence-corrected chi connectivity index (χ1v) is 7.05. The molecule has 0 aromatic carbocycles. The van der Waals surface area contributed by atoms with Crippen LogP contribution in [-0.2, 0) is 6.54 Å². The molecule has 0 aliphatic rings. The molecule has 0 spiro atoms. The molecule has 19 heavy (non-hydrogen) atoms. The molecule has 4 nitrogen and oxygen atoms in total. The van der Waals surface area contributed by atoms with Crippen LogP contribution in [0.1, 0.15) is 31.7 Å². The van der Waals surface area contributed by atoms with E-state index in [2.05, 4.69) is 34.3 Å². The first-order chi connectivity index (χ1) is 9.36. The number of rotatable bonds is 10. The molecule has 0 atom stereocenters. The molecule has 1 aromatic heterocycles. The molecule has 4 heteroatoms. The second-order valence-corrected chi connectivity index (χ2v) is 4.65. The highest BCUT2D eigenvalue weighted by atomic mass is 15.1. The highest BCUT2D eigenvalue weighted by molar-refractivity contribution is 5.08. The van der Waals surface area contributed by atoms with E-state index in [0.29, 0.717) is 6.42 Å². The number of nitriles is 1. The predicted octanol–water partition coefficient (Wildman–Crippen LogP) is 2.19. The van der Waals surface area contributed by atoms with Crippen LogP contribution in [0.15, 0.2) is 24.5 Å². The average Bonchev–Trinajstić information content (AvgIpc) is 2.45. The van der Waals surface area contributed by atoms with E-state index in [9.17, 15) is 0 Å². The van der Waals surface area contributed by atoms with Gasteiger partial charge in [-0.15, -0.1) is 0 Å². The van der Waals surface area contributed by atoms with Gasteiger partial charge in [-0.05, 0) is 44.1 Å². The minimum absolute atomic E-state index is 0.586. The van der Waals surface area contributed by atoms with Crippen LogP contribution in [0.5, 0.6) is 0 Å². The second kappa shape index (κ2) is 10.5. The summed E-state index contributed by atoms with van der Waals surface area (Å²) in [6.45, 7) is 7.04. The fraction of sp³-hybridized carbons (Fsp3) is 0.600. The Balaban J connectivity index is 2.32. The first-order valence-electron chi connectivity index (χ1n) is 7.05. The number of nitrogens with one attached hydrogen (secondary N) is 1. The Kier molecular flexibility index (Phi) is 8.61. The zero-order valence-corrected chi connectivity index (χ0v) is 11.8. The lowest BCUT2D eigenvalue weighted by atomic mass is 10.2. The summed E-state index contributed by atoms with van der Waals surface area (Å²) >= 11 is 0. The first kappa shape index (κ1) is 15.6. The lowest BCUT2D eigenvalue weighted by Gasteiger charge is -2.21. The standard InChI is InChI=1S/C15H24N4/c1-2-8-17-10-5-12-19(11-4-7-16)14-15-6-3-9-18-13-15/h3,6,9,13,17H,2,4-5,8,10-12,14H2,1H3. The van der Waals surface area contributed by atoms with Crippen molar-refractivity contribution in [2.75, 3.05) is 26.2 Å². The number of nitrogens with zero attached hydrogens (tertiary/aromatic N) is 3. The van der Waals surface area contributed by atoms with Crippen molar-refractivity contribution in [1.29, 1.82) is 5.26 Å². The highest BCUT2D eigenvalue weighted by Gasteiger charge is 2.05. The van der Waals surface area contributed by atoms with Gasteiger partial charge < -0.3 is 5.32 Å². The molecule has 0 aliphatic carbocycles. The Morgan fingerprint density at radius 3 is 2.95 bits per heavy atom. The zero-order chi connectivity index (χ0) is 13.8. The summed E-state index contributed by atoms with van der Waals surface area (Å²) in [7, 11) is 0. The molecule has 0 amide bonds. The molecule has 1 N–H and O–H groups in total. The summed E-state index contributed by atoms with van der Waals surface area (Å²) in [5.41, 5.74) is 1.21. The van der Waals surface area contributed by atoms with Crippen LogP contribution in [0.25, 0.3) is 0 Å². The number of aromatic nitrogens is 1. The van der Waals surface area contributed by atoms with Crippen molar-refractivity contribution in [3.8, 4) is 6.07 Å². The van der Waals surface area contributed by atoms with Gasteiger partial charge in [0, 0.05) is 31.9 Å². The fourth-order valence-corrected chi connectivity index (χ4v) is 1.96. The van der Waals surface area contributed by atoms with Crippen molar-refractivity contribution < 1.29 is 0 Å². The maximum absolute atomic E-state index is 8.72. The Morgan fingerprint density at radius 2 is 2.26 bits per heavy atom. The van der Waals surface area contributed by atoms with E-state index in [1.54, 1.807) is 6.20 Å². The highest BCUT2D eigenvalue weighted by Crippen LogP contribution is 2.04. The van der Waals surface area contributed by atoms with Gasteiger partial charge in [-0.2, -0.15) is 5.26 Å². The molecule has 0 saturated heterocycles. The monoisotopic (exact) mass is 260 g/mol. The smallest absolute Gasteiger partial charge is 0.0635 e. The van der Waals surface area contributed by atoms with Gasteiger partial charge in [0.15, 0.2) is 0 Å². The molecule has 0 bridgehead atoms. The SMILES string of the molecule is CCCNCCCN(CCC#N)Cc1cccnc1. The van der Waals surface area contributed by atoms with Gasteiger partial charge >= 0.3 is 0 Å². The number of hydrogen-bond acceptors (Lipinski definition) is 4. The molecule has 0 saturated carbocycles. The van der Waals surface area contributed by atoms with Gasteiger partial charge in [-0.3, -0.25) is 9.88 Å². The lowest BCUT2D eigenvalue weighted by molar-refractivity contribution is 0.266. The summed E-state index contributed by atoms with van der Waals surface area (Å²) < 4.78 is 0. The van der Waals surface area contributed by atoms with Crippen LogP contribution in [-0.4, -0.2) is 36.1 Å². The predicted molar refractivity (Wildman–Crippen MR) is 77.5 cm³/mol. The number of pyridine rings is 1. The van der Waals surface area contributed by atoms with Crippen molar-refractivity contribution in [3.63, 3.8) is 0 Å². The van der Waals surface area contributed by atoms with E-state index in [4.69, 9.17) is 5.26 Å². The van der Waals surface area contributed by atoms with Gasteiger partial charge in [-0.1, -0.05) is 13.0 Å². The molecular formula is C15H24N4. The Labute approximate surface area is 116 Å². The summed E-state index contributed by atoms with van der Waals surface area (Å²) in [6.07, 6.45) is 6.56. The van der Waals surface area contributed by atoms with Crippen LogP contribution in [0.4, 0.5) is 0 Å². The minimum atomic E-state index is 0.586. The molecule has 1 rings (SSSR count). The van der Waals surface area contributed by atoms with E-state index in [0.717, 1.165) is 39.1 Å². The van der Waals surface area contributed by atoms with E-state index in [1.165, 1.54) is 12.0 Å². The number of hydrogen-bond donors (Lipinski definition) is 1. The molecule has 1 heterocycles. The molecule has 0 radical (unpaired) electrons. The van der Waals surface area contributed by atoms with Crippen LogP contribution in [0.2, 0.25) is 0 Å². The van der Waals surface area contributed by atoms with Crippen LogP contribution in [0, 0.1) is 11.3 Å². The fourth-order valence-electron chi connectivity index (χ4n) is 1.96. The van der Waals surface area contributed by atoms with Crippen molar-refractivity contribution in [3.05, 3.63) is 30.1 Å². The third-order valence-corrected chi connectivity index (χ3v) is 2.92. The Hall–Kier alpha value is -1.44. The van der Waals surface area contributed by atoms with E-state index < -0.39 is 0 Å². The lowest BCUT2D eigenvalue weighted by Crippen LogP contribution is -2.28. The molecule has 104 valence electrons. The molecule has 1 aromatic rings. The largest absolute Gasteiger partial charge is 0.317 e. The maximum atomic E-state index is 8.72. The quantitative estimate of drug-likeness (QED) is 0.655. The van der Waals surface area contributed by atoms with Gasteiger partial charge in [0.25, 0.3) is 0 Å². The molecule has 0 unspecified atom stereocenters. The topological polar surface area (TPSA) is 52.0 Å². The van der Waals surface area contributed by atoms with Gasteiger partial charge in [0.1, 0.15) is 0 Å². The molecule has 0 aliphatic heterocycles. The van der Waals surface area contributed by atoms with Crippen molar-refractivity contribution in [1.82, 2.24) is 15.2 Å². The summed E-state index contributed by atoms with van der Waals surface area (Å²) in [6, 6.07) is 6.27. The van der Waals surface area contributed by atoms with E-state index in [-0.39, 0.29) is 0 Å². The van der Waals surface area contributed by atoms with E-state index >= 15 is 0 Å². The van der Waals surface area contributed by atoms with Gasteiger partial charge in [-0.25, -0.2) is 0 Å². The van der Waals surface area contributed by atoms with Crippen molar-refractivity contribution in [2.24, 2.45) is 0 Å². The second-order valence-electron chi connectivity index (χ2n) is 4.65. The van der Waals surface area contributed by atoms with Crippen molar-refractivity contribution >= 4 is 0 Å². The zero-order valence-electron chi connectivity index (χ0n) is 11.8. The third-order valence-electron chi connectivity index (χ3n) is 2.92. The van der Waals surface area contributed by atoms with E-state index in [1.807, 2.05) is 12.3 Å². The summed E-state index contributed by atoms with van der Waals surface area (Å²) in [5.74, 6) is 0. The molecule has 0 fully saturated rings.